The molecular formula is C18H21N. The Morgan fingerprint density at radius 3 is 2.11 bits per heavy atom. The Morgan fingerprint density at radius 1 is 0.895 bits per heavy atom. The van der Waals surface area contributed by atoms with Gasteiger partial charge in [0, 0.05) is 6.04 Å². The van der Waals surface area contributed by atoms with Gasteiger partial charge in [0.2, 0.25) is 0 Å². The van der Waals surface area contributed by atoms with Gasteiger partial charge in [0.15, 0.2) is 0 Å². The van der Waals surface area contributed by atoms with E-state index < -0.39 is 0 Å². The van der Waals surface area contributed by atoms with Gasteiger partial charge in [0.25, 0.3) is 0 Å². The molecule has 1 heteroatoms. The van der Waals surface area contributed by atoms with Crippen LogP contribution in [0.3, 0.4) is 0 Å². The smallest absolute Gasteiger partial charge is 0.0297 e. The Bertz CT molecular complexity index is 511. The van der Waals surface area contributed by atoms with Gasteiger partial charge in [-0.1, -0.05) is 73.9 Å². The molecule has 0 saturated heterocycles. The summed E-state index contributed by atoms with van der Waals surface area (Å²) in [6.07, 6.45) is 5.28. The molecular weight excluding hydrogens is 230 g/mol. The summed E-state index contributed by atoms with van der Waals surface area (Å²) >= 11 is 0. The van der Waals surface area contributed by atoms with Crippen LogP contribution in [0.5, 0.6) is 0 Å². The van der Waals surface area contributed by atoms with E-state index in [9.17, 15) is 0 Å². The second-order valence-corrected chi connectivity index (χ2v) is 5.63. The summed E-state index contributed by atoms with van der Waals surface area (Å²) in [5.41, 5.74) is 10.1. The molecule has 0 spiro atoms. The fourth-order valence-electron chi connectivity index (χ4n) is 2.78. The Labute approximate surface area is 115 Å². The second-order valence-electron chi connectivity index (χ2n) is 5.63. The molecule has 0 bridgehead atoms. The van der Waals surface area contributed by atoms with E-state index in [0.717, 1.165) is 12.3 Å². The zero-order chi connectivity index (χ0) is 13.1. The van der Waals surface area contributed by atoms with Crippen molar-refractivity contribution in [1.82, 2.24) is 0 Å². The van der Waals surface area contributed by atoms with E-state index >= 15 is 0 Å². The predicted molar refractivity (Wildman–Crippen MR) is 80.8 cm³/mol. The molecule has 0 amide bonds. The van der Waals surface area contributed by atoms with Crippen molar-refractivity contribution in [2.45, 2.75) is 31.7 Å². The molecule has 0 heterocycles. The molecule has 1 atom stereocenters. The zero-order valence-corrected chi connectivity index (χ0v) is 11.3. The van der Waals surface area contributed by atoms with E-state index in [1.165, 1.54) is 36.0 Å². The first-order valence-electron chi connectivity index (χ1n) is 7.24. The number of benzene rings is 2. The molecule has 1 nitrogen and oxygen atoms in total. The van der Waals surface area contributed by atoms with E-state index in [1.54, 1.807) is 0 Å². The van der Waals surface area contributed by atoms with Crippen molar-refractivity contribution in [3.8, 4) is 11.1 Å². The minimum Gasteiger partial charge on any atom is -0.324 e. The topological polar surface area (TPSA) is 26.0 Å². The van der Waals surface area contributed by atoms with Crippen LogP contribution in [-0.4, -0.2) is 0 Å². The monoisotopic (exact) mass is 251 g/mol. The van der Waals surface area contributed by atoms with Gasteiger partial charge in [0.05, 0.1) is 0 Å². The Morgan fingerprint density at radius 2 is 1.53 bits per heavy atom. The summed E-state index contributed by atoms with van der Waals surface area (Å²) < 4.78 is 0. The third kappa shape index (κ3) is 2.87. The molecule has 1 saturated carbocycles. The molecule has 1 unspecified atom stereocenters. The van der Waals surface area contributed by atoms with Crippen LogP contribution in [0.1, 0.15) is 37.3 Å². The van der Waals surface area contributed by atoms with Crippen molar-refractivity contribution in [3.05, 3.63) is 60.2 Å². The average molecular weight is 251 g/mol. The number of hydrogen-bond donors (Lipinski definition) is 1. The van der Waals surface area contributed by atoms with E-state index in [4.69, 9.17) is 5.73 Å². The standard InChI is InChI=1S/C18H21N/c19-18(13-14-5-4-6-14)17-11-9-16(10-12-17)15-7-2-1-3-8-15/h1-3,7-12,14,18H,4-6,13,19H2. The Kier molecular flexibility index (Phi) is 3.65. The average Bonchev–Trinajstić information content (AvgIpc) is 2.44. The highest BCUT2D eigenvalue weighted by Gasteiger charge is 2.20. The molecule has 1 aliphatic rings. The summed E-state index contributed by atoms with van der Waals surface area (Å²) in [6.45, 7) is 0. The maximum Gasteiger partial charge on any atom is 0.0297 e. The third-order valence-electron chi connectivity index (χ3n) is 4.26. The van der Waals surface area contributed by atoms with Gasteiger partial charge < -0.3 is 5.73 Å². The van der Waals surface area contributed by atoms with Crippen molar-refractivity contribution in [2.75, 3.05) is 0 Å². The Hall–Kier alpha value is -1.60. The summed E-state index contributed by atoms with van der Waals surface area (Å²) in [7, 11) is 0. The van der Waals surface area contributed by atoms with Crippen LogP contribution in [0, 0.1) is 5.92 Å². The molecule has 2 aromatic carbocycles. The van der Waals surface area contributed by atoms with Gasteiger partial charge >= 0.3 is 0 Å². The molecule has 98 valence electrons. The first-order chi connectivity index (χ1) is 9.33. The highest BCUT2D eigenvalue weighted by molar-refractivity contribution is 5.63. The van der Waals surface area contributed by atoms with Crippen LogP contribution in [0.2, 0.25) is 0 Å². The van der Waals surface area contributed by atoms with Gasteiger partial charge in [-0.25, -0.2) is 0 Å². The highest BCUT2D eigenvalue weighted by atomic mass is 14.6. The van der Waals surface area contributed by atoms with E-state index in [1.807, 2.05) is 6.07 Å². The maximum atomic E-state index is 6.29. The Balaban J connectivity index is 1.71. The maximum absolute atomic E-state index is 6.29. The van der Waals surface area contributed by atoms with Crippen LogP contribution in [0.25, 0.3) is 11.1 Å². The quantitative estimate of drug-likeness (QED) is 0.848. The predicted octanol–water partition coefficient (Wildman–Crippen LogP) is 4.54. The van der Waals surface area contributed by atoms with Crippen LogP contribution in [0.4, 0.5) is 0 Å². The van der Waals surface area contributed by atoms with Gasteiger partial charge in [-0.15, -0.1) is 0 Å². The first-order valence-corrected chi connectivity index (χ1v) is 7.24. The molecule has 1 fully saturated rings. The van der Waals surface area contributed by atoms with Gasteiger partial charge in [-0.05, 0) is 29.0 Å². The molecule has 19 heavy (non-hydrogen) atoms. The van der Waals surface area contributed by atoms with E-state index in [0.29, 0.717) is 0 Å². The van der Waals surface area contributed by atoms with Crippen molar-refractivity contribution >= 4 is 0 Å². The minimum atomic E-state index is 0.204. The van der Waals surface area contributed by atoms with Crippen molar-refractivity contribution in [1.29, 1.82) is 0 Å². The van der Waals surface area contributed by atoms with Crippen LogP contribution < -0.4 is 5.73 Å². The fraction of sp³-hybridized carbons (Fsp3) is 0.333. The molecule has 0 radical (unpaired) electrons. The lowest BCUT2D eigenvalue weighted by atomic mass is 9.80. The highest BCUT2D eigenvalue weighted by Crippen LogP contribution is 2.34. The summed E-state index contributed by atoms with van der Waals surface area (Å²) in [5, 5.41) is 0. The second kappa shape index (κ2) is 5.58. The van der Waals surface area contributed by atoms with Crippen molar-refractivity contribution in [2.24, 2.45) is 11.7 Å². The summed E-state index contributed by atoms with van der Waals surface area (Å²) in [4.78, 5) is 0. The normalized spacial score (nSPS) is 16.9. The molecule has 2 aromatic rings. The van der Waals surface area contributed by atoms with Crippen LogP contribution in [0.15, 0.2) is 54.6 Å². The van der Waals surface area contributed by atoms with Crippen molar-refractivity contribution in [3.63, 3.8) is 0 Å². The largest absolute Gasteiger partial charge is 0.324 e. The summed E-state index contributed by atoms with van der Waals surface area (Å²) in [6, 6.07) is 19.4. The molecule has 0 aliphatic heterocycles. The summed E-state index contributed by atoms with van der Waals surface area (Å²) in [5.74, 6) is 0.865. The SMILES string of the molecule is NC(CC1CCC1)c1ccc(-c2ccccc2)cc1. The number of rotatable bonds is 4. The van der Waals surface area contributed by atoms with E-state index in [-0.39, 0.29) is 6.04 Å². The van der Waals surface area contributed by atoms with Gasteiger partial charge in [-0.3, -0.25) is 0 Å². The molecule has 2 N–H and O–H groups in total. The van der Waals surface area contributed by atoms with Crippen LogP contribution >= 0.6 is 0 Å². The first kappa shape index (κ1) is 12.4. The van der Waals surface area contributed by atoms with Gasteiger partial charge in [0.1, 0.15) is 0 Å². The van der Waals surface area contributed by atoms with E-state index in [2.05, 4.69) is 48.5 Å². The zero-order valence-electron chi connectivity index (χ0n) is 11.3. The van der Waals surface area contributed by atoms with Gasteiger partial charge in [-0.2, -0.15) is 0 Å². The lowest BCUT2D eigenvalue weighted by Crippen LogP contribution is -2.19. The number of hydrogen-bond acceptors (Lipinski definition) is 1. The molecule has 0 aromatic heterocycles. The van der Waals surface area contributed by atoms with Crippen LogP contribution in [-0.2, 0) is 0 Å². The third-order valence-corrected chi connectivity index (χ3v) is 4.26. The minimum absolute atomic E-state index is 0.204. The van der Waals surface area contributed by atoms with Crippen molar-refractivity contribution < 1.29 is 0 Å². The molecule has 1 aliphatic carbocycles. The lowest BCUT2D eigenvalue weighted by Gasteiger charge is -2.28. The number of nitrogens with two attached hydrogens (primary N) is 1. The fourth-order valence-corrected chi connectivity index (χ4v) is 2.78. The lowest BCUT2D eigenvalue weighted by molar-refractivity contribution is 0.277. The molecule has 3 rings (SSSR count).